The molecule has 1 aliphatic carbocycles. The van der Waals surface area contributed by atoms with Crippen LogP contribution in [0.4, 0.5) is 0 Å². The summed E-state index contributed by atoms with van der Waals surface area (Å²) in [6.45, 7) is 0.662. The van der Waals surface area contributed by atoms with Gasteiger partial charge in [-0.1, -0.05) is 34.8 Å². The van der Waals surface area contributed by atoms with E-state index in [2.05, 4.69) is 5.32 Å². The average molecular weight is 293 g/mol. The number of hydrogen-bond acceptors (Lipinski definition) is 2. The molecule has 0 amide bonds. The van der Waals surface area contributed by atoms with Gasteiger partial charge in [-0.15, -0.1) is 0 Å². The Morgan fingerprint density at radius 3 is 2.59 bits per heavy atom. The number of ether oxygens (including phenoxy) is 1. The van der Waals surface area contributed by atoms with E-state index in [1.165, 1.54) is 12.8 Å². The molecule has 1 heterocycles. The zero-order valence-corrected chi connectivity index (χ0v) is 11.4. The first-order chi connectivity index (χ1) is 8.16. The summed E-state index contributed by atoms with van der Waals surface area (Å²) >= 11 is 18.5. The van der Waals surface area contributed by atoms with Crippen LogP contribution in [0, 0.1) is 0 Å². The van der Waals surface area contributed by atoms with Crippen molar-refractivity contribution in [3.8, 4) is 5.75 Å². The van der Waals surface area contributed by atoms with E-state index in [0.717, 1.165) is 12.0 Å². The minimum absolute atomic E-state index is 0.204. The van der Waals surface area contributed by atoms with Gasteiger partial charge in [-0.25, -0.2) is 0 Å². The van der Waals surface area contributed by atoms with Gasteiger partial charge in [0.05, 0.1) is 21.7 Å². The normalized spacial score (nSPS) is 23.1. The highest BCUT2D eigenvalue weighted by Gasteiger charge is 2.32. The van der Waals surface area contributed by atoms with Crippen molar-refractivity contribution in [2.45, 2.75) is 31.3 Å². The second kappa shape index (κ2) is 4.51. The average Bonchev–Trinajstić information content (AvgIpc) is 3.10. The lowest BCUT2D eigenvalue weighted by Gasteiger charge is -2.29. The van der Waals surface area contributed by atoms with Crippen molar-refractivity contribution in [1.82, 2.24) is 5.32 Å². The van der Waals surface area contributed by atoms with Crippen LogP contribution in [0.25, 0.3) is 0 Å². The van der Waals surface area contributed by atoms with Crippen molar-refractivity contribution in [3.63, 3.8) is 0 Å². The molecular weight excluding hydrogens is 280 g/mol. The van der Waals surface area contributed by atoms with Gasteiger partial charge in [-0.05, 0) is 18.9 Å². The largest absolute Gasteiger partial charge is 0.492 e. The predicted octanol–water partition coefficient (Wildman–Crippen LogP) is 4.22. The fraction of sp³-hybridized carbons (Fsp3) is 0.500. The zero-order chi connectivity index (χ0) is 12.0. The lowest BCUT2D eigenvalue weighted by atomic mass is 10.00. The van der Waals surface area contributed by atoms with Crippen LogP contribution in [-0.4, -0.2) is 12.6 Å². The maximum atomic E-state index is 6.27. The summed E-state index contributed by atoms with van der Waals surface area (Å²) in [4.78, 5) is 0. The van der Waals surface area contributed by atoms with Gasteiger partial charge in [-0.2, -0.15) is 0 Å². The van der Waals surface area contributed by atoms with Crippen molar-refractivity contribution < 1.29 is 4.74 Å². The van der Waals surface area contributed by atoms with E-state index in [0.29, 0.717) is 33.5 Å². The topological polar surface area (TPSA) is 21.3 Å². The molecule has 1 aromatic rings. The van der Waals surface area contributed by atoms with Gasteiger partial charge in [-0.3, -0.25) is 0 Å². The molecule has 3 rings (SSSR count). The molecule has 0 radical (unpaired) electrons. The van der Waals surface area contributed by atoms with E-state index in [-0.39, 0.29) is 6.04 Å². The smallest absolute Gasteiger partial charge is 0.144 e. The van der Waals surface area contributed by atoms with Crippen molar-refractivity contribution in [1.29, 1.82) is 0 Å². The SMILES string of the molecule is Clc1cc(Cl)c2c(c1Cl)C(NC1CC1)CCO2. The monoisotopic (exact) mass is 291 g/mol. The van der Waals surface area contributed by atoms with Gasteiger partial charge < -0.3 is 10.1 Å². The summed E-state index contributed by atoms with van der Waals surface area (Å²) in [6.07, 6.45) is 3.37. The van der Waals surface area contributed by atoms with E-state index in [1.54, 1.807) is 6.07 Å². The maximum absolute atomic E-state index is 6.27. The molecule has 17 heavy (non-hydrogen) atoms. The van der Waals surface area contributed by atoms with Gasteiger partial charge in [0, 0.05) is 24.1 Å². The fourth-order valence-corrected chi connectivity index (χ4v) is 2.98. The van der Waals surface area contributed by atoms with E-state index in [9.17, 15) is 0 Å². The number of nitrogens with one attached hydrogen (secondary N) is 1. The molecule has 0 bridgehead atoms. The Hall–Kier alpha value is -0.150. The highest BCUT2D eigenvalue weighted by atomic mass is 35.5. The van der Waals surface area contributed by atoms with Crippen LogP contribution in [0.5, 0.6) is 5.75 Å². The molecule has 1 fully saturated rings. The van der Waals surface area contributed by atoms with E-state index in [4.69, 9.17) is 39.5 Å². The molecule has 1 saturated carbocycles. The van der Waals surface area contributed by atoms with Crippen molar-refractivity contribution in [3.05, 3.63) is 26.7 Å². The number of fused-ring (bicyclic) bond motifs is 1. The van der Waals surface area contributed by atoms with E-state index < -0.39 is 0 Å². The Labute approximate surface area is 115 Å². The molecule has 92 valence electrons. The molecule has 2 aliphatic rings. The number of hydrogen-bond donors (Lipinski definition) is 1. The van der Waals surface area contributed by atoms with Crippen LogP contribution in [0.15, 0.2) is 6.07 Å². The van der Waals surface area contributed by atoms with E-state index in [1.807, 2.05) is 0 Å². The Balaban J connectivity index is 2.03. The third-order valence-corrected chi connectivity index (χ3v) is 4.26. The highest BCUT2D eigenvalue weighted by Crippen LogP contribution is 2.46. The molecule has 0 saturated heterocycles. The minimum atomic E-state index is 0.204. The number of rotatable bonds is 2. The molecule has 2 nitrogen and oxygen atoms in total. The van der Waals surface area contributed by atoms with Gasteiger partial charge in [0.2, 0.25) is 0 Å². The third kappa shape index (κ3) is 2.24. The second-order valence-electron chi connectivity index (χ2n) is 4.53. The first-order valence-electron chi connectivity index (χ1n) is 5.73. The molecule has 1 aliphatic heterocycles. The third-order valence-electron chi connectivity index (χ3n) is 3.18. The van der Waals surface area contributed by atoms with Crippen LogP contribution in [0.3, 0.4) is 0 Å². The fourth-order valence-electron chi connectivity index (χ4n) is 2.18. The Kier molecular flexibility index (Phi) is 3.16. The summed E-state index contributed by atoms with van der Waals surface area (Å²) in [5, 5.41) is 5.15. The quantitative estimate of drug-likeness (QED) is 0.824. The van der Waals surface area contributed by atoms with Crippen molar-refractivity contribution in [2.24, 2.45) is 0 Å². The predicted molar refractivity (Wildman–Crippen MR) is 70.5 cm³/mol. The van der Waals surface area contributed by atoms with Gasteiger partial charge in [0.1, 0.15) is 5.75 Å². The molecule has 0 spiro atoms. The summed E-state index contributed by atoms with van der Waals surface area (Å²) in [6, 6.07) is 2.46. The Morgan fingerprint density at radius 2 is 1.88 bits per heavy atom. The minimum Gasteiger partial charge on any atom is -0.492 e. The van der Waals surface area contributed by atoms with Crippen molar-refractivity contribution in [2.75, 3.05) is 6.61 Å². The summed E-state index contributed by atoms with van der Waals surface area (Å²) < 4.78 is 5.61. The first-order valence-corrected chi connectivity index (χ1v) is 6.86. The standard InChI is InChI=1S/C12H12Cl3NO/c13-7-5-8(14)12-10(11(7)15)9(3-4-17-12)16-6-1-2-6/h5-6,9,16H,1-4H2. The summed E-state index contributed by atoms with van der Waals surface area (Å²) in [5.74, 6) is 0.686. The number of benzene rings is 1. The van der Waals surface area contributed by atoms with Gasteiger partial charge in [0.15, 0.2) is 0 Å². The highest BCUT2D eigenvalue weighted by molar-refractivity contribution is 6.44. The maximum Gasteiger partial charge on any atom is 0.144 e. The lowest BCUT2D eigenvalue weighted by Crippen LogP contribution is -2.29. The molecule has 1 atom stereocenters. The molecule has 1 unspecified atom stereocenters. The molecule has 0 aromatic heterocycles. The zero-order valence-electron chi connectivity index (χ0n) is 9.10. The Bertz CT molecular complexity index is 460. The Morgan fingerprint density at radius 1 is 1.12 bits per heavy atom. The van der Waals surface area contributed by atoms with Crippen LogP contribution in [0.2, 0.25) is 15.1 Å². The van der Waals surface area contributed by atoms with Crippen LogP contribution < -0.4 is 10.1 Å². The van der Waals surface area contributed by atoms with Crippen LogP contribution >= 0.6 is 34.8 Å². The van der Waals surface area contributed by atoms with Crippen LogP contribution in [0.1, 0.15) is 30.9 Å². The first kappa shape index (κ1) is 11.9. The summed E-state index contributed by atoms with van der Waals surface area (Å²) in [5.41, 5.74) is 0.919. The van der Waals surface area contributed by atoms with Gasteiger partial charge >= 0.3 is 0 Å². The molecule has 5 heteroatoms. The summed E-state index contributed by atoms with van der Waals surface area (Å²) in [7, 11) is 0. The van der Waals surface area contributed by atoms with Gasteiger partial charge in [0.25, 0.3) is 0 Å². The molecule has 1 N–H and O–H groups in total. The van der Waals surface area contributed by atoms with Crippen molar-refractivity contribution >= 4 is 34.8 Å². The number of halogens is 3. The second-order valence-corrected chi connectivity index (χ2v) is 5.72. The van der Waals surface area contributed by atoms with E-state index >= 15 is 0 Å². The molecular formula is C12H12Cl3NO. The lowest BCUT2D eigenvalue weighted by molar-refractivity contribution is 0.252. The molecule has 1 aromatic carbocycles. The van der Waals surface area contributed by atoms with Crippen LogP contribution in [-0.2, 0) is 0 Å².